The molecule has 6 nitrogen and oxygen atoms in total. The quantitative estimate of drug-likeness (QED) is 0.575. The number of aryl methyl sites for hydroxylation is 1. The van der Waals surface area contributed by atoms with Gasteiger partial charge in [-0.25, -0.2) is 9.89 Å². The van der Waals surface area contributed by atoms with Crippen LogP contribution in [0.3, 0.4) is 0 Å². The van der Waals surface area contributed by atoms with E-state index in [-0.39, 0.29) is 11.8 Å². The molecule has 3 aromatic carbocycles. The second-order valence-corrected chi connectivity index (χ2v) is 9.67. The number of rotatable bonds is 5. The van der Waals surface area contributed by atoms with Gasteiger partial charge in [0.1, 0.15) is 11.9 Å². The summed E-state index contributed by atoms with van der Waals surface area (Å²) in [5.74, 6) is 0.333. The van der Waals surface area contributed by atoms with Crippen LogP contribution >= 0.6 is 11.8 Å². The first kappa shape index (κ1) is 22.1. The van der Waals surface area contributed by atoms with Crippen LogP contribution < -0.4 is 5.32 Å². The smallest absolute Gasteiger partial charge is 0.259 e. The number of carbonyl (C=O) groups is 2. The molecule has 2 aliphatic rings. The zero-order valence-electron chi connectivity index (χ0n) is 18.9. The second-order valence-electron chi connectivity index (χ2n) is 8.36. The molecule has 2 atom stereocenters. The number of hydrogen-bond acceptors (Lipinski definition) is 5. The van der Waals surface area contributed by atoms with Crippen LogP contribution in [0.2, 0.25) is 0 Å². The van der Waals surface area contributed by atoms with E-state index in [1.807, 2.05) is 92.7 Å². The Bertz CT molecular complexity index is 1320. The molecule has 2 aliphatic heterocycles. The predicted octanol–water partition coefficient (Wildman–Crippen LogP) is 4.96. The van der Waals surface area contributed by atoms with Crippen molar-refractivity contribution in [2.45, 2.75) is 31.6 Å². The summed E-state index contributed by atoms with van der Waals surface area (Å²) in [4.78, 5) is 37.5. The fourth-order valence-electron chi connectivity index (χ4n) is 4.03. The van der Waals surface area contributed by atoms with E-state index < -0.39 is 11.3 Å². The predicted molar refractivity (Wildman–Crippen MR) is 138 cm³/mol. The van der Waals surface area contributed by atoms with Gasteiger partial charge in [0.25, 0.3) is 5.91 Å². The number of aliphatic imine (C=N–C) groups is 2. The van der Waals surface area contributed by atoms with E-state index in [9.17, 15) is 9.59 Å². The number of hydrogen-bond donors (Lipinski definition) is 1. The Kier molecular flexibility index (Phi) is 6.02. The number of anilines is 1. The molecule has 0 saturated heterocycles. The Morgan fingerprint density at radius 3 is 2.62 bits per heavy atom. The fraction of sp³-hybridized carbons (Fsp3) is 0.185. The van der Waals surface area contributed by atoms with Gasteiger partial charge in [0.05, 0.1) is 10.9 Å². The number of amides is 2. The molecule has 0 radical (unpaired) electrons. The molecule has 2 amide bonds. The Balaban J connectivity index is 1.40. The maximum Gasteiger partial charge on any atom is 0.259 e. The zero-order chi connectivity index (χ0) is 23.7. The lowest BCUT2D eigenvalue weighted by atomic mass is 10.1. The van der Waals surface area contributed by atoms with Gasteiger partial charge in [-0.3, -0.25) is 14.6 Å². The summed E-state index contributed by atoms with van der Waals surface area (Å²) in [6.45, 7) is 3.80. The number of para-hydroxylation sites is 1. The van der Waals surface area contributed by atoms with Gasteiger partial charge in [-0.15, -0.1) is 0 Å². The van der Waals surface area contributed by atoms with Crippen LogP contribution in [0.25, 0.3) is 0 Å². The van der Waals surface area contributed by atoms with E-state index in [0.717, 1.165) is 28.1 Å². The molecular formula is C27H24N4O2S. The number of fused-ring (bicyclic) bond motifs is 3. The van der Waals surface area contributed by atoms with Gasteiger partial charge < -0.3 is 5.32 Å². The average Bonchev–Trinajstić information content (AvgIpc) is 3.16. The first-order valence-corrected chi connectivity index (χ1v) is 12.1. The van der Waals surface area contributed by atoms with E-state index >= 15 is 0 Å². The molecule has 170 valence electrons. The number of carbonyl (C=O) groups excluding carboxylic acids is 2. The van der Waals surface area contributed by atoms with Gasteiger partial charge in [0.15, 0.2) is 5.17 Å². The SMILES string of the molecule is Cc1cccc(NC(=O)[C@H](C)SC2=Nc3ccccc3C3=N[C@@H](Cc4ccccc4)C(=O)N23)c1. The lowest BCUT2D eigenvalue weighted by molar-refractivity contribution is -0.124. The molecule has 0 aliphatic carbocycles. The van der Waals surface area contributed by atoms with Crippen LogP contribution in [-0.4, -0.2) is 39.0 Å². The van der Waals surface area contributed by atoms with Crippen LogP contribution in [0, 0.1) is 6.92 Å². The fourth-order valence-corrected chi connectivity index (χ4v) is 4.94. The normalized spacial score (nSPS) is 17.4. The number of benzene rings is 3. The third-order valence-electron chi connectivity index (χ3n) is 5.76. The van der Waals surface area contributed by atoms with Gasteiger partial charge in [-0.1, -0.05) is 66.4 Å². The highest BCUT2D eigenvalue weighted by Gasteiger charge is 2.42. The molecule has 2 heterocycles. The number of nitrogens with one attached hydrogen (secondary N) is 1. The summed E-state index contributed by atoms with van der Waals surface area (Å²) >= 11 is 1.27. The molecule has 5 rings (SSSR count). The number of thioether (sulfide) groups is 1. The summed E-state index contributed by atoms with van der Waals surface area (Å²) in [6.07, 6.45) is 0.517. The van der Waals surface area contributed by atoms with E-state index in [4.69, 9.17) is 9.98 Å². The molecule has 0 fully saturated rings. The summed E-state index contributed by atoms with van der Waals surface area (Å²) in [7, 11) is 0. The van der Waals surface area contributed by atoms with Crippen LogP contribution in [0.5, 0.6) is 0 Å². The van der Waals surface area contributed by atoms with Crippen molar-refractivity contribution in [1.29, 1.82) is 0 Å². The van der Waals surface area contributed by atoms with E-state index in [1.54, 1.807) is 4.90 Å². The highest BCUT2D eigenvalue weighted by molar-refractivity contribution is 8.15. The van der Waals surface area contributed by atoms with Crippen molar-refractivity contribution < 1.29 is 9.59 Å². The molecule has 1 N–H and O–H groups in total. The van der Waals surface area contributed by atoms with Crippen molar-refractivity contribution in [3.05, 3.63) is 95.6 Å². The first-order valence-electron chi connectivity index (χ1n) is 11.2. The molecule has 0 unspecified atom stereocenters. The molecule has 3 aromatic rings. The minimum absolute atomic E-state index is 0.120. The van der Waals surface area contributed by atoms with Crippen LogP contribution in [-0.2, 0) is 16.0 Å². The van der Waals surface area contributed by atoms with Gasteiger partial charge >= 0.3 is 0 Å². The molecule has 0 bridgehead atoms. The van der Waals surface area contributed by atoms with Gasteiger partial charge in [-0.05, 0) is 49.2 Å². The maximum atomic E-state index is 13.5. The Labute approximate surface area is 202 Å². The minimum atomic E-state index is -0.522. The number of amidine groups is 2. The zero-order valence-corrected chi connectivity index (χ0v) is 19.8. The van der Waals surface area contributed by atoms with Crippen LogP contribution in [0.1, 0.15) is 23.6 Å². The van der Waals surface area contributed by atoms with E-state index in [1.165, 1.54) is 11.8 Å². The molecule has 0 aromatic heterocycles. The van der Waals surface area contributed by atoms with Crippen LogP contribution in [0.4, 0.5) is 11.4 Å². The van der Waals surface area contributed by atoms with Gasteiger partial charge in [0.2, 0.25) is 5.91 Å². The molecule has 7 heteroatoms. The average molecular weight is 469 g/mol. The highest BCUT2D eigenvalue weighted by atomic mass is 32.2. The molecule has 34 heavy (non-hydrogen) atoms. The first-order chi connectivity index (χ1) is 16.5. The lowest BCUT2D eigenvalue weighted by Crippen LogP contribution is -2.42. The Hall–Kier alpha value is -3.71. The summed E-state index contributed by atoms with van der Waals surface area (Å²) in [5, 5.41) is 2.97. The summed E-state index contributed by atoms with van der Waals surface area (Å²) < 4.78 is 0. The summed E-state index contributed by atoms with van der Waals surface area (Å²) in [5.41, 5.74) is 4.44. The monoisotopic (exact) mass is 468 g/mol. The minimum Gasteiger partial charge on any atom is -0.325 e. The Morgan fingerprint density at radius 1 is 1.06 bits per heavy atom. The van der Waals surface area contributed by atoms with Crippen molar-refractivity contribution in [1.82, 2.24) is 4.90 Å². The standard InChI is InChI=1S/C27H24N4O2S/c1-17-9-8-12-20(15-17)28-25(32)18(2)34-27-30-22-14-7-6-13-21(22)24-29-23(26(33)31(24)27)16-19-10-4-3-5-11-19/h3-15,18,23H,16H2,1-2H3,(H,28,32)/t18-,23-/m0/s1. The van der Waals surface area contributed by atoms with Gasteiger partial charge in [-0.2, -0.15) is 0 Å². The van der Waals surface area contributed by atoms with Gasteiger partial charge in [0, 0.05) is 17.7 Å². The van der Waals surface area contributed by atoms with E-state index in [0.29, 0.717) is 17.4 Å². The van der Waals surface area contributed by atoms with Crippen molar-refractivity contribution in [2.24, 2.45) is 9.98 Å². The van der Waals surface area contributed by atoms with Crippen LogP contribution in [0.15, 0.2) is 88.8 Å². The number of nitrogens with zero attached hydrogens (tertiary/aromatic N) is 3. The largest absolute Gasteiger partial charge is 0.325 e. The highest BCUT2D eigenvalue weighted by Crippen LogP contribution is 2.35. The van der Waals surface area contributed by atoms with E-state index in [2.05, 4.69) is 5.32 Å². The molecular weight excluding hydrogens is 444 g/mol. The summed E-state index contributed by atoms with van der Waals surface area (Å²) in [6, 6.07) is 24.7. The van der Waals surface area contributed by atoms with Crippen molar-refractivity contribution in [3.63, 3.8) is 0 Å². The third-order valence-corrected chi connectivity index (χ3v) is 6.81. The topological polar surface area (TPSA) is 74.1 Å². The Morgan fingerprint density at radius 2 is 1.82 bits per heavy atom. The molecule has 0 saturated carbocycles. The van der Waals surface area contributed by atoms with Crippen molar-refractivity contribution in [2.75, 3.05) is 5.32 Å². The maximum absolute atomic E-state index is 13.5. The third kappa shape index (κ3) is 4.39. The van der Waals surface area contributed by atoms with Crippen molar-refractivity contribution >= 4 is 46.0 Å². The van der Waals surface area contributed by atoms with Crippen molar-refractivity contribution in [3.8, 4) is 0 Å². The molecule has 0 spiro atoms. The second kappa shape index (κ2) is 9.27. The lowest BCUT2D eigenvalue weighted by Gasteiger charge is -2.27.